The Kier molecular flexibility index (Phi) is 3.88. The molecule has 1 aliphatic heterocycles. The van der Waals surface area contributed by atoms with Crippen LogP contribution >= 0.6 is 0 Å². The SMILES string of the molecule is Cn1cc(S(N)(=O)=O)c(NC(=O)CC2CCCO2)n1. The van der Waals surface area contributed by atoms with Crippen LogP contribution in [0.1, 0.15) is 19.3 Å². The molecule has 0 bridgehead atoms. The largest absolute Gasteiger partial charge is 0.378 e. The van der Waals surface area contributed by atoms with Crippen molar-refractivity contribution in [1.82, 2.24) is 9.78 Å². The van der Waals surface area contributed by atoms with Gasteiger partial charge in [0.25, 0.3) is 0 Å². The maximum atomic E-state index is 11.8. The Morgan fingerprint density at radius 3 is 3.00 bits per heavy atom. The summed E-state index contributed by atoms with van der Waals surface area (Å²) in [6.45, 7) is 0.657. The normalized spacial score (nSPS) is 19.6. The van der Waals surface area contributed by atoms with Gasteiger partial charge in [0.1, 0.15) is 4.90 Å². The Labute approximate surface area is 111 Å². The molecule has 1 amide bonds. The molecule has 2 rings (SSSR count). The fourth-order valence-corrected chi connectivity index (χ4v) is 2.62. The van der Waals surface area contributed by atoms with E-state index in [0.717, 1.165) is 12.8 Å². The summed E-state index contributed by atoms with van der Waals surface area (Å²) in [7, 11) is -2.37. The quantitative estimate of drug-likeness (QED) is 0.780. The molecule has 0 aromatic carbocycles. The first-order valence-electron chi connectivity index (χ1n) is 5.84. The summed E-state index contributed by atoms with van der Waals surface area (Å²) in [6, 6.07) is 0. The number of anilines is 1. The average Bonchev–Trinajstić information content (AvgIpc) is 2.87. The van der Waals surface area contributed by atoms with Crippen molar-refractivity contribution in [1.29, 1.82) is 0 Å². The van der Waals surface area contributed by atoms with Gasteiger partial charge in [0.2, 0.25) is 15.9 Å². The summed E-state index contributed by atoms with van der Waals surface area (Å²) in [5.74, 6) is -0.386. The van der Waals surface area contributed by atoms with Crippen molar-refractivity contribution in [2.45, 2.75) is 30.3 Å². The molecular weight excluding hydrogens is 272 g/mol. The molecule has 1 aliphatic rings. The number of aromatic nitrogens is 2. The molecule has 1 unspecified atom stereocenters. The lowest BCUT2D eigenvalue weighted by molar-refractivity contribution is -0.118. The van der Waals surface area contributed by atoms with E-state index in [1.54, 1.807) is 7.05 Å². The summed E-state index contributed by atoms with van der Waals surface area (Å²) >= 11 is 0. The number of hydrogen-bond acceptors (Lipinski definition) is 5. The number of primary sulfonamides is 1. The molecule has 1 saturated heterocycles. The molecule has 0 aliphatic carbocycles. The average molecular weight is 288 g/mol. The molecule has 9 heteroatoms. The summed E-state index contributed by atoms with van der Waals surface area (Å²) < 4.78 is 29.3. The third-order valence-corrected chi connectivity index (χ3v) is 3.71. The Morgan fingerprint density at radius 1 is 1.68 bits per heavy atom. The van der Waals surface area contributed by atoms with Crippen molar-refractivity contribution >= 4 is 21.7 Å². The van der Waals surface area contributed by atoms with Crippen molar-refractivity contribution in [2.24, 2.45) is 12.2 Å². The van der Waals surface area contributed by atoms with E-state index in [1.165, 1.54) is 10.9 Å². The molecule has 19 heavy (non-hydrogen) atoms. The van der Waals surface area contributed by atoms with Crippen LogP contribution in [0, 0.1) is 0 Å². The van der Waals surface area contributed by atoms with Crippen LogP contribution in [-0.4, -0.2) is 36.8 Å². The Balaban J connectivity index is 2.08. The maximum absolute atomic E-state index is 11.8. The number of hydrogen-bond donors (Lipinski definition) is 2. The van der Waals surface area contributed by atoms with Gasteiger partial charge in [-0.15, -0.1) is 0 Å². The molecule has 0 spiro atoms. The fraction of sp³-hybridized carbons (Fsp3) is 0.600. The predicted octanol–water partition coefficient (Wildman–Crippen LogP) is -0.425. The molecule has 2 heterocycles. The van der Waals surface area contributed by atoms with Crippen molar-refractivity contribution in [3.8, 4) is 0 Å². The lowest BCUT2D eigenvalue weighted by Gasteiger charge is -2.08. The highest BCUT2D eigenvalue weighted by Crippen LogP contribution is 2.19. The molecule has 1 aromatic heterocycles. The molecule has 3 N–H and O–H groups in total. The maximum Gasteiger partial charge on any atom is 0.243 e. The predicted molar refractivity (Wildman–Crippen MR) is 66.8 cm³/mol. The van der Waals surface area contributed by atoms with Gasteiger partial charge in [0.15, 0.2) is 5.82 Å². The molecule has 1 atom stereocenters. The minimum absolute atomic E-state index is 0.0482. The molecule has 0 saturated carbocycles. The lowest BCUT2D eigenvalue weighted by atomic mass is 10.2. The number of nitrogens with two attached hydrogens (primary N) is 1. The highest BCUT2D eigenvalue weighted by Gasteiger charge is 2.23. The van der Waals surface area contributed by atoms with Gasteiger partial charge in [-0.05, 0) is 12.8 Å². The number of sulfonamides is 1. The van der Waals surface area contributed by atoms with Crippen LogP contribution in [0.15, 0.2) is 11.1 Å². The summed E-state index contributed by atoms with van der Waals surface area (Å²) in [5, 5.41) is 11.4. The van der Waals surface area contributed by atoms with Crippen molar-refractivity contribution in [3.63, 3.8) is 0 Å². The number of carbonyl (C=O) groups is 1. The Bertz CT molecular complexity index is 574. The number of amides is 1. The van der Waals surface area contributed by atoms with E-state index in [1.807, 2.05) is 0 Å². The molecule has 0 radical (unpaired) electrons. The van der Waals surface area contributed by atoms with Crippen LogP contribution in [0.3, 0.4) is 0 Å². The van der Waals surface area contributed by atoms with E-state index in [0.29, 0.717) is 6.61 Å². The number of ether oxygens (including phenoxy) is 1. The lowest BCUT2D eigenvalue weighted by Crippen LogP contribution is -2.21. The number of rotatable bonds is 4. The second kappa shape index (κ2) is 5.27. The third kappa shape index (κ3) is 3.52. The summed E-state index contributed by atoms with van der Waals surface area (Å²) in [6.07, 6.45) is 3.08. The van der Waals surface area contributed by atoms with Crippen molar-refractivity contribution < 1.29 is 17.9 Å². The van der Waals surface area contributed by atoms with Gasteiger partial charge in [-0.3, -0.25) is 9.48 Å². The van der Waals surface area contributed by atoms with Crippen LogP contribution in [0.5, 0.6) is 0 Å². The van der Waals surface area contributed by atoms with Gasteiger partial charge in [-0.25, -0.2) is 13.6 Å². The number of nitrogens with zero attached hydrogens (tertiary/aromatic N) is 2. The first-order chi connectivity index (χ1) is 8.86. The zero-order valence-corrected chi connectivity index (χ0v) is 11.3. The molecule has 1 aromatic rings. The van der Waals surface area contributed by atoms with Crippen molar-refractivity contribution in [3.05, 3.63) is 6.20 Å². The van der Waals surface area contributed by atoms with E-state index >= 15 is 0 Å². The van der Waals surface area contributed by atoms with Gasteiger partial charge in [-0.2, -0.15) is 5.10 Å². The van der Waals surface area contributed by atoms with E-state index in [-0.39, 0.29) is 29.1 Å². The topological polar surface area (TPSA) is 116 Å². The van der Waals surface area contributed by atoms with Crippen LogP contribution in [0.4, 0.5) is 5.82 Å². The van der Waals surface area contributed by atoms with E-state index < -0.39 is 10.0 Å². The number of aryl methyl sites for hydroxylation is 1. The second-order valence-corrected chi connectivity index (χ2v) is 5.98. The standard InChI is InChI=1S/C10H16N4O4S/c1-14-6-8(19(11,16)17)10(13-14)12-9(15)5-7-3-2-4-18-7/h6-7H,2-5H2,1H3,(H2,11,16,17)(H,12,13,15). The van der Waals surface area contributed by atoms with Crippen molar-refractivity contribution in [2.75, 3.05) is 11.9 Å². The van der Waals surface area contributed by atoms with Crippen LogP contribution in [-0.2, 0) is 26.6 Å². The first-order valence-corrected chi connectivity index (χ1v) is 7.39. The van der Waals surface area contributed by atoms with Gasteiger partial charge < -0.3 is 10.1 Å². The third-order valence-electron chi connectivity index (χ3n) is 2.80. The van der Waals surface area contributed by atoms with E-state index in [4.69, 9.17) is 9.88 Å². The Hall–Kier alpha value is -1.45. The zero-order valence-electron chi connectivity index (χ0n) is 10.5. The fourth-order valence-electron chi connectivity index (χ4n) is 1.96. The molecule has 1 fully saturated rings. The summed E-state index contributed by atoms with van der Waals surface area (Å²) in [5.41, 5.74) is 0. The summed E-state index contributed by atoms with van der Waals surface area (Å²) in [4.78, 5) is 11.6. The molecule has 8 nitrogen and oxygen atoms in total. The number of nitrogens with one attached hydrogen (secondary N) is 1. The van der Waals surface area contributed by atoms with Crippen LogP contribution in [0.2, 0.25) is 0 Å². The van der Waals surface area contributed by atoms with Gasteiger partial charge >= 0.3 is 0 Å². The molecular formula is C10H16N4O4S. The van der Waals surface area contributed by atoms with E-state index in [9.17, 15) is 13.2 Å². The monoisotopic (exact) mass is 288 g/mol. The van der Waals surface area contributed by atoms with Crippen LogP contribution in [0.25, 0.3) is 0 Å². The zero-order chi connectivity index (χ0) is 14.0. The minimum Gasteiger partial charge on any atom is -0.378 e. The number of carbonyl (C=O) groups excluding carboxylic acids is 1. The van der Waals surface area contributed by atoms with Gasteiger partial charge in [0, 0.05) is 19.9 Å². The minimum atomic E-state index is -3.91. The van der Waals surface area contributed by atoms with Crippen LogP contribution < -0.4 is 10.5 Å². The first kappa shape index (κ1) is 14.0. The van der Waals surface area contributed by atoms with Gasteiger partial charge in [0.05, 0.1) is 12.5 Å². The second-order valence-electron chi connectivity index (χ2n) is 4.45. The molecule has 106 valence electrons. The van der Waals surface area contributed by atoms with Gasteiger partial charge in [-0.1, -0.05) is 0 Å². The van der Waals surface area contributed by atoms with E-state index in [2.05, 4.69) is 10.4 Å². The smallest absolute Gasteiger partial charge is 0.243 e. The Morgan fingerprint density at radius 2 is 2.42 bits per heavy atom. The highest BCUT2D eigenvalue weighted by molar-refractivity contribution is 7.89. The highest BCUT2D eigenvalue weighted by atomic mass is 32.2.